The first-order valence-corrected chi connectivity index (χ1v) is 8.15. The monoisotopic (exact) mass is 309 g/mol. The molecule has 20 heavy (non-hydrogen) atoms. The molecule has 0 saturated carbocycles. The predicted molar refractivity (Wildman–Crippen MR) is 77.3 cm³/mol. The number of sulfonamides is 1. The summed E-state index contributed by atoms with van der Waals surface area (Å²) in [4.78, 5) is 17.3. The second-order valence-corrected chi connectivity index (χ2v) is 6.99. The highest BCUT2D eigenvalue weighted by Crippen LogP contribution is 2.16. The predicted octanol–water partition coefficient (Wildman–Crippen LogP) is 1.40. The van der Waals surface area contributed by atoms with Gasteiger partial charge in [-0.2, -0.15) is 0 Å². The molecule has 0 aliphatic carbocycles. The van der Waals surface area contributed by atoms with Crippen LogP contribution in [0.25, 0.3) is 11.0 Å². The van der Waals surface area contributed by atoms with Crippen molar-refractivity contribution < 1.29 is 8.42 Å². The molecule has 3 N–H and O–H groups in total. The Bertz CT molecular complexity index is 892. The van der Waals surface area contributed by atoms with E-state index in [1.807, 2.05) is 17.5 Å². The van der Waals surface area contributed by atoms with E-state index in [2.05, 4.69) is 14.7 Å². The third-order valence-corrected chi connectivity index (χ3v) is 5.09. The molecule has 3 aromatic rings. The molecule has 0 radical (unpaired) electrons. The fraction of sp³-hybridized carbons (Fsp3) is 0.0833. The van der Waals surface area contributed by atoms with Crippen molar-refractivity contribution in [2.24, 2.45) is 0 Å². The van der Waals surface area contributed by atoms with Crippen LogP contribution in [0.5, 0.6) is 0 Å². The quantitative estimate of drug-likeness (QED) is 0.680. The van der Waals surface area contributed by atoms with E-state index in [0.29, 0.717) is 11.0 Å². The number of hydrogen-bond donors (Lipinski definition) is 3. The number of nitrogens with one attached hydrogen (secondary N) is 3. The molecular weight excluding hydrogens is 298 g/mol. The van der Waals surface area contributed by atoms with Crippen LogP contribution in [0.2, 0.25) is 0 Å². The second-order valence-electron chi connectivity index (χ2n) is 4.19. The summed E-state index contributed by atoms with van der Waals surface area (Å²) in [5, 5.41) is 1.89. The molecule has 3 rings (SSSR count). The number of H-pyrrole nitrogens is 2. The van der Waals surface area contributed by atoms with Crippen LogP contribution in [0.15, 0.2) is 45.4 Å². The maximum absolute atomic E-state index is 12.2. The molecule has 0 spiro atoms. The standard InChI is InChI=1S/C12H11N3O3S2/c16-12-14-10-4-3-9(6-11(10)15-12)20(17,18)13-7-8-2-1-5-19-8/h1-6,13H,7H2,(H2,14,15,16). The van der Waals surface area contributed by atoms with Gasteiger partial charge in [0.1, 0.15) is 0 Å². The maximum Gasteiger partial charge on any atom is 0.323 e. The lowest BCUT2D eigenvalue weighted by Gasteiger charge is -2.05. The summed E-state index contributed by atoms with van der Waals surface area (Å²) >= 11 is 1.49. The number of benzene rings is 1. The van der Waals surface area contributed by atoms with Gasteiger partial charge in [-0.1, -0.05) is 6.07 Å². The van der Waals surface area contributed by atoms with Crippen LogP contribution in [0.1, 0.15) is 4.88 Å². The van der Waals surface area contributed by atoms with Gasteiger partial charge in [-0.3, -0.25) is 0 Å². The van der Waals surface area contributed by atoms with Crippen LogP contribution in [-0.2, 0) is 16.6 Å². The average Bonchev–Trinajstić information content (AvgIpc) is 3.03. The molecule has 6 nitrogen and oxygen atoms in total. The van der Waals surface area contributed by atoms with Crippen molar-refractivity contribution in [2.45, 2.75) is 11.4 Å². The molecule has 0 fully saturated rings. The molecule has 104 valence electrons. The first-order chi connectivity index (χ1) is 9.54. The van der Waals surface area contributed by atoms with Gasteiger partial charge in [0.2, 0.25) is 10.0 Å². The van der Waals surface area contributed by atoms with Crippen molar-refractivity contribution in [1.29, 1.82) is 0 Å². The van der Waals surface area contributed by atoms with E-state index in [0.717, 1.165) is 4.88 Å². The molecular formula is C12H11N3O3S2. The molecule has 0 aliphatic rings. The van der Waals surface area contributed by atoms with Crippen LogP contribution in [0, 0.1) is 0 Å². The smallest absolute Gasteiger partial charge is 0.306 e. The first-order valence-electron chi connectivity index (χ1n) is 5.79. The largest absolute Gasteiger partial charge is 0.323 e. The SMILES string of the molecule is O=c1[nH]c2ccc(S(=O)(=O)NCc3cccs3)cc2[nH]1. The Hall–Kier alpha value is -1.90. The molecule has 0 amide bonds. The summed E-state index contributed by atoms with van der Waals surface area (Å²) in [5.41, 5.74) is 0.683. The van der Waals surface area contributed by atoms with E-state index in [1.165, 1.54) is 23.5 Å². The van der Waals surface area contributed by atoms with E-state index in [4.69, 9.17) is 0 Å². The fourth-order valence-corrected chi connectivity index (χ4v) is 3.61. The Morgan fingerprint density at radius 1 is 1.15 bits per heavy atom. The maximum atomic E-state index is 12.2. The molecule has 2 heterocycles. The summed E-state index contributed by atoms with van der Waals surface area (Å²) < 4.78 is 26.9. The summed E-state index contributed by atoms with van der Waals surface area (Å²) in [5.74, 6) is 0. The van der Waals surface area contributed by atoms with Crippen LogP contribution < -0.4 is 10.4 Å². The lowest BCUT2D eigenvalue weighted by molar-refractivity contribution is 0.582. The van der Waals surface area contributed by atoms with E-state index in [-0.39, 0.29) is 17.1 Å². The van der Waals surface area contributed by atoms with Crippen LogP contribution in [0.3, 0.4) is 0 Å². The van der Waals surface area contributed by atoms with Gasteiger partial charge in [0.15, 0.2) is 0 Å². The van der Waals surface area contributed by atoms with Gasteiger partial charge >= 0.3 is 5.69 Å². The number of aromatic amines is 2. The van der Waals surface area contributed by atoms with E-state index >= 15 is 0 Å². The molecule has 1 aromatic carbocycles. The molecule has 0 saturated heterocycles. The normalized spacial score (nSPS) is 12.0. The zero-order valence-corrected chi connectivity index (χ0v) is 11.8. The van der Waals surface area contributed by atoms with Crippen molar-refractivity contribution in [3.8, 4) is 0 Å². The molecule has 0 atom stereocenters. The molecule has 0 unspecified atom stereocenters. The van der Waals surface area contributed by atoms with Gasteiger partial charge in [0.05, 0.1) is 15.9 Å². The fourth-order valence-electron chi connectivity index (χ4n) is 1.84. The van der Waals surface area contributed by atoms with Gasteiger partial charge in [-0.15, -0.1) is 11.3 Å². The first kappa shape index (κ1) is 13.1. The van der Waals surface area contributed by atoms with Crippen LogP contribution in [-0.4, -0.2) is 18.4 Å². The topological polar surface area (TPSA) is 94.8 Å². The number of aromatic nitrogens is 2. The number of imidazole rings is 1. The molecule has 0 bridgehead atoms. The minimum absolute atomic E-state index is 0.122. The number of thiophene rings is 1. The van der Waals surface area contributed by atoms with Gasteiger partial charge in [-0.25, -0.2) is 17.9 Å². The number of rotatable bonds is 4. The Morgan fingerprint density at radius 3 is 2.70 bits per heavy atom. The van der Waals surface area contributed by atoms with Crippen LogP contribution in [0.4, 0.5) is 0 Å². The number of hydrogen-bond acceptors (Lipinski definition) is 4. The highest BCUT2D eigenvalue weighted by Gasteiger charge is 2.15. The Labute approximate surface area is 118 Å². The van der Waals surface area contributed by atoms with Crippen molar-refractivity contribution >= 4 is 32.4 Å². The minimum atomic E-state index is -3.60. The number of fused-ring (bicyclic) bond motifs is 1. The van der Waals surface area contributed by atoms with Crippen molar-refractivity contribution in [3.63, 3.8) is 0 Å². The lowest BCUT2D eigenvalue weighted by atomic mass is 10.3. The van der Waals surface area contributed by atoms with E-state index in [1.54, 1.807) is 6.07 Å². The zero-order valence-electron chi connectivity index (χ0n) is 10.2. The minimum Gasteiger partial charge on any atom is -0.306 e. The highest BCUT2D eigenvalue weighted by molar-refractivity contribution is 7.89. The summed E-state index contributed by atoms with van der Waals surface area (Å²) in [7, 11) is -3.60. The highest BCUT2D eigenvalue weighted by atomic mass is 32.2. The van der Waals surface area contributed by atoms with Crippen molar-refractivity contribution in [3.05, 3.63) is 51.1 Å². The van der Waals surface area contributed by atoms with Gasteiger partial charge in [-0.05, 0) is 29.6 Å². The third-order valence-electron chi connectivity index (χ3n) is 2.81. The summed E-state index contributed by atoms with van der Waals surface area (Å²) in [6.07, 6.45) is 0. The zero-order chi connectivity index (χ0) is 14.2. The molecule has 2 aromatic heterocycles. The van der Waals surface area contributed by atoms with Gasteiger partial charge < -0.3 is 9.97 Å². The van der Waals surface area contributed by atoms with E-state index in [9.17, 15) is 13.2 Å². The summed E-state index contributed by atoms with van der Waals surface area (Å²) in [6, 6.07) is 8.19. The second kappa shape index (κ2) is 4.89. The van der Waals surface area contributed by atoms with E-state index < -0.39 is 10.0 Å². The lowest BCUT2D eigenvalue weighted by Crippen LogP contribution is -2.22. The Balaban J connectivity index is 1.90. The Morgan fingerprint density at radius 2 is 1.95 bits per heavy atom. The summed E-state index contributed by atoms with van der Waals surface area (Å²) in [6.45, 7) is 0.252. The molecule has 0 aliphatic heterocycles. The van der Waals surface area contributed by atoms with Crippen LogP contribution >= 0.6 is 11.3 Å². The average molecular weight is 309 g/mol. The van der Waals surface area contributed by atoms with Gasteiger partial charge in [0.25, 0.3) is 0 Å². The Kier molecular flexibility index (Phi) is 3.20. The van der Waals surface area contributed by atoms with Crippen molar-refractivity contribution in [2.75, 3.05) is 0 Å². The van der Waals surface area contributed by atoms with Crippen molar-refractivity contribution in [1.82, 2.24) is 14.7 Å². The third kappa shape index (κ3) is 2.53. The molecule has 8 heteroatoms. The van der Waals surface area contributed by atoms with Gasteiger partial charge in [0, 0.05) is 11.4 Å².